The van der Waals surface area contributed by atoms with Gasteiger partial charge in [-0.05, 0) is 32.0 Å². The summed E-state index contributed by atoms with van der Waals surface area (Å²) in [7, 11) is 0. The van der Waals surface area contributed by atoms with Gasteiger partial charge in [-0.3, -0.25) is 4.79 Å². The van der Waals surface area contributed by atoms with Gasteiger partial charge in [0.25, 0.3) is 5.91 Å². The van der Waals surface area contributed by atoms with E-state index in [2.05, 4.69) is 10.1 Å². The molecule has 0 aliphatic rings. The maximum atomic E-state index is 12.3. The van der Waals surface area contributed by atoms with E-state index in [-0.39, 0.29) is 17.0 Å². The van der Waals surface area contributed by atoms with Gasteiger partial charge in [0.1, 0.15) is 22.8 Å². The summed E-state index contributed by atoms with van der Waals surface area (Å²) < 4.78 is 39.0. The van der Waals surface area contributed by atoms with Gasteiger partial charge in [-0.2, -0.15) is 8.78 Å². The Morgan fingerprint density at radius 2 is 1.96 bits per heavy atom. The van der Waals surface area contributed by atoms with Gasteiger partial charge in [0.15, 0.2) is 6.61 Å². The number of hydrogen-bond donors (Lipinski definition) is 1. The third-order valence-corrected chi connectivity index (χ3v) is 2.97. The molecule has 1 aromatic carbocycles. The molecule has 0 unspecified atom stereocenters. The van der Waals surface area contributed by atoms with Crippen molar-refractivity contribution in [3.63, 3.8) is 0 Å². The van der Waals surface area contributed by atoms with Gasteiger partial charge in [-0.25, -0.2) is 4.79 Å². The molecule has 1 N–H and O–H groups in total. The molecule has 0 saturated carbocycles. The Hall–Kier alpha value is -2.90. The molecule has 1 amide bonds. The second-order valence-corrected chi connectivity index (χ2v) is 4.83. The second-order valence-electron chi connectivity index (χ2n) is 4.83. The van der Waals surface area contributed by atoms with Crippen molar-refractivity contribution in [2.24, 2.45) is 0 Å². The van der Waals surface area contributed by atoms with Crippen LogP contribution < -0.4 is 10.1 Å². The molecule has 6 nitrogen and oxygen atoms in total. The number of hydrogen-bond acceptors (Lipinski definition) is 5. The van der Waals surface area contributed by atoms with E-state index in [1.165, 1.54) is 30.3 Å². The van der Waals surface area contributed by atoms with Crippen molar-refractivity contribution in [3.05, 3.63) is 47.4 Å². The highest BCUT2D eigenvalue weighted by Crippen LogP contribution is 2.25. The highest BCUT2D eigenvalue weighted by atomic mass is 19.3. The summed E-state index contributed by atoms with van der Waals surface area (Å²) in [5.74, 6) is -0.660. The number of para-hydroxylation sites is 2. The lowest BCUT2D eigenvalue weighted by Crippen LogP contribution is -2.21. The van der Waals surface area contributed by atoms with Gasteiger partial charge in [0, 0.05) is 0 Å². The minimum absolute atomic E-state index is 0.0502. The summed E-state index contributed by atoms with van der Waals surface area (Å²) in [5, 5.41) is 2.34. The van der Waals surface area contributed by atoms with Crippen LogP contribution in [0.2, 0.25) is 0 Å². The van der Waals surface area contributed by atoms with Crippen LogP contribution in [0.25, 0.3) is 0 Å². The number of amides is 1. The molecule has 2 rings (SSSR count). The van der Waals surface area contributed by atoms with Crippen LogP contribution in [0.3, 0.4) is 0 Å². The van der Waals surface area contributed by atoms with E-state index in [1.807, 2.05) is 0 Å². The first-order valence-corrected chi connectivity index (χ1v) is 6.94. The summed E-state index contributed by atoms with van der Waals surface area (Å²) in [6, 6.07) is 7.20. The number of halogens is 2. The summed E-state index contributed by atoms with van der Waals surface area (Å²) in [6.45, 7) is -0.322. The highest BCUT2D eigenvalue weighted by molar-refractivity contribution is 5.96. The largest absolute Gasteiger partial charge is 0.466 e. The minimum atomic E-state index is -3.02. The van der Waals surface area contributed by atoms with Crippen LogP contribution in [0.5, 0.6) is 5.75 Å². The molecule has 0 spiro atoms. The Kier molecular flexibility index (Phi) is 5.51. The van der Waals surface area contributed by atoms with Gasteiger partial charge >= 0.3 is 12.6 Å². The summed E-state index contributed by atoms with van der Waals surface area (Å²) >= 11 is 0. The third kappa shape index (κ3) is 4.55. The van der Waals surface area contributed by atoms with E-state index in [9.17, 15) is 18.4 Å². The Bertz CT molecular complexity index is 742. The molecule has 0 fully saturated rings. The minimum Gasteiger partial charge on any atom is -0.466 e. The number of carbonyl (C=O) groups excluding carboxylic acids is 2. The summed E-state index contributed by atoms with van der Waals surface area (Å²) in [5.41, 5.74) is 0.274. The Balaban J connectivity index is 1.94. The lowest BCUT2D eigenvalue weighted by molar-refractivity contribution is -0.119. The van der Waals surface area contributed by atoms with E-state index >= 15 is 0 Å². The molecule has 0 bridgehead atoms. The third-order valence-electron chi connectivity index (χ3n) is 2.97. The lowest BCUT2D eigenvalue weighted by atomic mass is 10.2. The van der Waals surface area contributed by atoms with Crippen LogP contribution in [0.1, 0.15) is 21.9 Å². The summed E-state index contributed by atoms with van der Waals surface area (Å²) in [4.78, 5) is 23.7. The van der Waals surface area contributed by atoms with Gasteiger partial charge in [-0.15, -0.1) is 0 Å². The summed E-state index contributed by atoms with van der Waals surface area (Å²) in [6.07, 6.45) is 0. The standard InChI is InChI=1S/C16H15F2NO5/c1-9-7-11(10(2)23-9)15(21)22-8-14(20)19-12-5-3-4-6-13(12)24-16(17)18/h3-7,16H,8H2,1-2H3,(H,19,20). The fraction of sp³-hybridized carbons (Fsp3) is 0.250. The van der Waals surface area contributed by atoms with Crippen LogP contribution >= 0.6 is 0 Å². The molecule has 0 aliphatic carbocycles. The van der Waals surface area contributed by atoms with E-state index in [0.717, 1.165) is 0 Å². The van der Waals surface area contributed by atoms with Gasteiger partial charge in [0.2, 0.25) is 0 Å². The van der Waals surface area contributed by atoms with E-state index in [0.29, 0.717) is 11.5 Å². The number of anilines is 1. The Morgan fingerprint density at radius 3 is 2.58 bits per heavy atom. The molecule has 0 atom stereocenters. The molecule has 0 aliphatic heterocycles. The predicted molar refractivity (Wildman–Crippen MR) is 80.2 cm³/mol. The van der Waals surface area contributed by atoms with Crippen LogP contribution in [0.4, 0.5) is 14.5 Å². The Labute approximate surface area is 136 Å². The quantitative estimate of drug-likeness (QED) is 0.817. The lowest BCUT2D eigenvalue weighted by Gasteiger charge is -2.11. The van der Waals surface area contributed by atoms with E-state index < -0.39 is 25.1 Å². The molecule has 1 heterocycles. The van der Waals surface area contributed by atoms with Crippen molar-refractivity contribution < 1.29 is 32.3 Å². The Morgan fingerprint density at radius 1 is 1.25 bits per heavy atom. The van der Waals surface area contributed by atoms with Crippen molar-refractivity contribution in [1.82, 2.24) is 0 Å². The van der Waals surface area contributed by atoms with Crippen LogP contribution in [0.15, 0.2) is 34.7 Å². The van der Waals surface area contributed by atoms with Crippen molar-refractivity contribution in [3.8, 4) is 5.75 Å². The van der Waals surface area contributed by atoms with E-state index in [1.54, 1.807) is 13.8 Å². The van der Waals surface area contributed by atoms with Gasteiger partial charge < -0.3 is 19.2 Å². The topological polar surface area (TPSA) is 77.8 Å². The molecule has 0 saturated heterocycles. The monoisotopic (exact) mass is 339 g/mol. The zero-order valence-electron chi connectivity index (χ0n) is 13.0. The van der Waals surface area contributed by atoms with E-state index in [4.69, 9.17) is 9.15 Å². The molecular weight excluding hydrogens is 324 g/mol. The van der Waals surface area contributed by atoms with Crippen LogP contribution in [-0.4, -0.2) is 25.1 Å². The maximum Gasteiger partial charge on any atom is 0.387 e. The first-order valence-electron chi connectivity index (χ1n) is 6.94. The smallest absolute Gasteiger partial charge is 0.387 e. The second kappa shape index (κ2) is 7.58. The number of aryl methyl sites for hydroxylation is 2. The molecule has 128 valence electrons. The van der Waals surface area contributed by atoms with Crippen molar-refractivity contribution in [2.45, 2.75) is 20.5 Å². The van der Waals surface area contributed by atoms with Crippen molar-refractivity contribution in [1.29, 1.82) is 0 Å². The number of ether oxygens (including phenoxy) is 2. The van der Waals surface area contributed by atoms with Crippen LogP contribution in [0, 0.1) is 13.8 Å². The average Bonchev–Trinajstić information content (AvgIpc) is 2.85. The van der Waals surface area contributed by atoms with Gasteiger partial charge in [0.05, 0.1) is 5.69 Å². The number of esters is 1. The highest BCUT2D eigenvalue weighted by Gasteiger charge is 2.17. The molecule has 2 aromatic rings. The number of furan rings is 1. The first-order chi connectivity index (χ1) is 11.4. The normalized spacial score (nSPS) is 10.5. The average molecular weight is 339 g/mol. The van der Waals surface area contributed by atoms with Crippen molar-refractivity contribution in [2.75, 3.05) is 11.9 Å². The van der Waals surface area contributed by atoms with Gasteiger partial charge in [-0.1, -0.05) is 12.1 Å². The fourth-order valence-electron chi connectivity index (χ4n) is 2.00. The van der Waals surface area contributed by atoms with Crippen molar-refractivity contribution >= 4 is 17.6 Å². The molecule has 24 heavy (non-hydrogen) atoms. The molecular formula is C16H15F2NO5. The predicted octanol–water partition coefficient (Wildman–Crippen LogP) is 3.29. The molecule has 1 aromatic heterocycles. The number of nitrogens with one attached hydrogen (secondary N) is 1. The number of rotatable bonds is 6. The zero-order chi connectivity index (χ0) is 17.7. The first kappa shape index (κ1) is 17.5. The maximum absolute atomic E-state index is 12.3. The number of benzene rings is 1. The zero-order valence-corrected chi connectivity index (χ0v) is 13.0. The van der Waals surface area contributed by atoms with Crippen LogP contribution in [-0.2, 0) is 9.53 Å². The fourth-order valence-corrected chi connectivity index (χ4v) is 2.00. The number of carbonyl (C=O) groups is 2. The number of alkyl halides is 2. The molecule has 0 radical (unpaired) electrons. The SMILES string of the molecule is Cc1cc(C(=O)OCC(=O)Nc2ccccc2OC(F)F)c(C)o1. The molecule has 8 heteroatoms.